The summed E-state index contributed by atoms with van der Waals surface area (Å²) in [5.74, 6) is 0.403. The molecule has 0 aliphatic carbocycles. The summed E-state index contributed by atoms with van der Waals surface area (Å²) in [5, 5.41) is 7.73. The van der Waals surface area contributed by atoms with E-state index in [1.807, 2.05) is 16.0 Å². The van der Waals surface area contributed by atoms with Gasteiger partial charge in [-0.1, -0.05) is 64.1 Å². The lowest BCUT2D eigenvalue weighted by atomic mass is 10.1. The summed E-state index contributed by atoms with van der Waals surface area (Å²) in [5.41, 5.74) is 5.81. The Labute approximate surface area is 247 Å². The Bertz CT molecular complexity index is 2010. The average Bonchev–Trinajstić information content (AvgIpc) is 3.40. The van der Waals surface area contributed by atoms with Crippen LogP contribution in [0.3, 0.4) is 0 Å². The number of hydrogen-bond acceptors (Lipinski definition) is 9. The minimum absolute atomic E-state index is 0.0316. The van der Waals surface area contributed by atoms with Crippen LogP contribution in [0.5, 0.6) is 0 Å². The summed E-state index contributed by atoms with van der Waals surface area (Å²) < 4.78 is 28.6. The van der Waals surface area contributed by atoms with E-state index in [-0.39, 0.29) is 48.6 Å². The molecule has 1 fully saturated rings. The highest BCUT2D eigenvalue weighted by Crippen LogP contribution is 2.33. The summed E-state index contributed by atoms with van der Waals surface area (Å²) in [4.78, 5) is 45.8. The molecule has 4 aromatic heterocycles. The molecule has 1 aliphatic heterocycles. The van der Waals surface area contributed by atoms with Crippen LogP contribution in [0.1, 0.15) is 24.0 Å². The van der Waals surface area contributed by atoms with E-state index in [9.17, 15) is 28.4 Å². The fourth-order valence-corrected chi connectivity index (χ4v) is 6.67. The molecular formula is C25H19Cl2F2N7O3S2. The summed E-state index contributed by atoms with van der Waals surface area (Å²) in [7, 11) is 0. The first-order valence-corrected chi connectivity index (χ1v) is 14.4. The van der Waals surface area contributed by atoms with Crippen LogP contribution in [-0.2, 0) is 6.54 Å². The molecule has 5 aromatic rings. The van der Waals surface area contributed by atoms with Gasteiger partial charge in [-0.15, -0.1) is 0 Å². The predicted octanol–water partition coefficient (Wildman–Crippen LogP) is 4.17. The number of benzene rings is 1. The molecule has 212 valence electrons. The Hall–Kier alpha value is -3.61. The minimum Gasteiger partial charge on any atom is -0.341 e. The highest BCUT2D eigenvalue weighted by Gasteiger charge is 2.25. The van der Waals surface area contributed by atoms with Crippen molar-refractivity contribution in [2.75, 3.05) is 18.0 Å². The molecule has 0 amide bonds. The molecule has 5 heterocycles. The topological polar surface area (TPSA) is 154 Å². The third-order valence-electron chi connectivity index (χ3n) is 6.37. The number of piperidine rings is 1. The molecule has 0 spiro atoms. The first kappa shape index (κ1) is 28.9. The van der Waals surface area contributed by atoms with Gasteiger partial charge in [-0.25, -0.2) is 9.78 Å². The fourth-order valence-electron chi connectivity index (χ4n) is 4.47. The van der Waals surface area contributed by atoms with Crippen LogP contribution in [-0.4, -0.2) is 38.7 Å². The number of nitrogens with zero attached hydrogens (tertiary/aromatic N) is 4. The Balaban J connectivity index is 0.000000216. The first-order valence-electron chi connectivity index (χ1n) is 12.1. The largest absolute Gasteiger partial charge is 0.341 e. The predicted molar refractivity (Wildman–Crippen MR) is 157 cm³/mol. The standard InChI is InChI=1S/C19H17ClFN5OS.C6H2ClFN2O2S/c20-14-15-16(28-17(14)21)18(27)26(9-12-5-2-1-4-11(12)8-22)19(24-15)25-7-3-6-13(23)10-25;7-1-2-3(13-4(1)8)5(11)10-6(12)9-2/h1-2,4-5,13H,3,6-7,9-10,23H2;(H2,9,10,11,12)/t13-;/m1./s1. The van der Waals surface area contributed by atoms with Crippen molar-refractivity contribution in [1.82, 2.24) is 19.5 Å². The second-order valence-electron chi connectivity index (χ2n) is 9.09. The SMILES string of the molecule is N#Cc1ccccc1Cn1c(N2CCC[C@@H](N)C2)nc2c(Cl)c(F)sc2c1=O.O=c1[nH]c(=O)c2sc(F)c(Cl)c2[nH]1. The summed E-state index contributed by atoms with van der Waals surface area (Å²) >= 11 is 12.8. The maximum absolute atomic E-state index is 14.0. The number of aromatic nitrogens is 4. The Morgan fingerprint density at radius 3 is 2.54 bits per heavy atom. The molecule has 0 radical (unpaired) electrons. The zero-order chi connectivity index (χ0) is 29.4. The monoisotopic (exact) mass is 637 g/mol. The second kappa shape index (κ2) is 11.7. The van der Waals surface area contributed by atoms with E-state index in [4.69, 9.17) is 28.9 Å². The third kappa shape index (κ3) is 5.64. The van der Waals surface area contributed by atoms with Crippen LogP contribution < -0.4 is 27.4 Å². The van der Waals surface area contributed by atoms with Crippen LogP contribution in [0.4, 0.5) is 14.7 Å². The van der Waals surface area contributed by atoms with E-state index < -0.39 is 21.5 Å². The van der Waals surface area contributed by atoms with Crippen LogP contribution in [0.15, 0.2) is 38.6 Å². The molecule has 0 bridgehead atoms. The Kier molecular flexibility index (Phi) is 8.25. The molecule has 0 unspecified atom stereocenters. The van der Waals surface area contributed by atoms with Crippen LogP contribution in [0.25, 0.3) is 20.4 Å². The maximum atomic E-state index is 14.0. The van der Waals surface area contributed by atoms with Gasteiger partial charge in [-0.3, -0.25) is 19.1 Å². The molecular weight excluding hydrogens is 619 g/mol. The lowest BCUT2D eigenvalue weighted by molar-refractivity contribution is 0.492. The maximum Gasteiger partial charge on any atom is 0.326 e. The molecule has 1 aromatic carbocycles. The number of nitrogens with two attached hydrogens (primary N) is 1. The van der Waals surface area contributed by atoms with E-state index >= 15 is 0 Å². The number of hydrogen-bond donors (Lipinski definition) is 3. The number of halogens is 4. The fraction of sp³-hybridized carbons (Fsp3) is 0.240. The normalized spacial score (nSPS) is 15.1. The number of nitriles is 1. The molecule has 0 saturated carbocycles. The molecule has 1 aliphatic rings. The van der Waals surface area contributed by atoms with E-state index in [2.05, 4.69) is 16.0 Å². The molecule has 4 N–H and O–H groups in total. The Morgan fingerprint density at radius 2 is 1.80 bits per heavy atom. The smallest absolute Gasteiger partial charge is 0.326 e. The van der Waals surface area contributed by atoms with E-state index in [1.54, 1.807) is 18.2 Å². The Morgan fingerprint density at radius 1 is 1.10 bits per heavy atom. The van der Waals surface area contributed by atoms with E-state index in [0.29, 0.717) is 52.8 Å². The number of H-pyrrole nitrogens is 2. The van der Waals surface area contributed by atoms with Gasteiger partial charge in [0.15, 0.2) is 10.3 Å². The van der Waals surface area contributed by atoms with Crippen molar-refractivity contribution in [3.05, 3.63) is 86.9 Å². The van der Waals surface area contributed by atoms with Crippen molar-refractivity contribution in [3.8, 4) is 6.07 Å². The minimum atomic E-state index is -0.697. The number of aromatic amines is 2. The molecule has 1 atom stereocenters. The van der Waals surface area contributed by atoms with E-state index in [0.717, 1.165) is 12.8 Å². The zero-order valence-corrected chi connectivity index (χ0v) is 24.0. The van der Waals surface area contributed by atoms with Crippen molar-refractivity contribution in [2.24, 2.45) is 5.73 Å². The number of anilines is 1. The highest BCUT2D eigenvalue weighted by molar-refractivity contribution is 7.18. The van der Waals surface area contributed by atoms with Gasteiger partial charge in [0.2, 0.25) is 5.95 Å². The van der Waals surface area contributed by atoms with Crippen molar-refractivity contribution < 1.29 is 8.78 Å². The molecule has 6 rings (SSSR count). The summed E-state index contributed by atoms with van der Waals surface area (Å²) in [6.07, 6.45) is 1.77. The first-order chi connectivity index (χ1) is 19.6. The van der Waals surface area contributed by atoms with Gasteiger partial charge in [0.25, 0.3) is 11.1 Å². The van der Waals surface area contributed by atoms with Gasteiger partial charge in [0, 0.05) is 19.1 Å². The van der Waals surface area contributed by atoms with Crippen molar-refractivity contribution >= 4 is 72.3 Å². The van der Waals surface area contributed by atoms with Crippen LogP contribution in [0.2, 0.25) is 10.0 Å². The quantitative estimate of drug-likeness (QED) is 0.268. The van der Waals surface area contributed by atoms with Crippen LogP contribution >= 0.6 is 45.9 Å². The summed E-state index contributed by atoms with van der Waals surface area (Å²) in [6.45, 7) is 1.39. The molecule has 41 heavy (non-hydrogen) atoms. The second-order valence-corrected chi connectivity index (χ2v) is 11.8. The number of rotatable bonds is 3. The van der Waals surface area contributed by atoms with Crippen molar-refractivity contribution in [3.63, 3.8) is 0 Å². The van der Waals surface area contributed by atoms with Gasteiger partial charge in [-0.05, 0) is 24.5 Å². The zero-order valence-electron chi connectivity index (χ0n) is 20.8. The summed E-state index contributed by atoms with van der Waals surface area (Å²) in [6, 6.07) is 9.19. The van der Waals surface area contributed by atoms with Gasteiger partial charge >= 0.3 is 5.69 Å². The lowest BCUT2D eigenvalue weighted by Crippen LogP contribution is -2.45. The van der Waals surface area contributed by atoms with Gasteiger partial charge in [0.1, 0.15) is 25.0 Å². The van der Waals surface area contributed by atoms with Crippen molar-refractivity contribution in [1.29, 1.82) is 5.26 Å². The van der Waals surface area contributed by atoms with Crippen molar-refractivity contribution in [2.45, 2.75) is 25.4 Å². The average molecular weight is 639 g/mol. The molecule has 1 saturated heterocycles. The van der Waals surface area contributed by atoms with Gasteiger partial charge < -0.3 is 15.6 Å². The third-order valence-corrected chi connectivity index (χ3v) is 9.23. The van der Waals surface area contributed by atoms with Gasteiger partial charge in [0.05, 0.1) is 23.7 Å². The molecule has 10 nitrogen and oxygen atoms in total. The van der Waals surface area contributed by atoms with Crippen LogP contribution in [0, 0.1) is 21.6 Å². The lowest BCUT2D eigenvalue weighted by Gasteiger charge is -2.33. The number of fused-ring (bicyclic) bond motifs is 2. The highest BCUT2D eigenvalue weighted by atomic mass is 35.5. The van der Waals surface area contributed by atoms with E-state index in [1.165, 1.54) is 4.57 Å². The number of nitrogens with one attached hydrogen (secondary N) is 2. The number of thiophene rings is 2. The van der Waals surface area contributed by atoms with Gasteiger partial charge in [-0.2, -0.15) is 14.0 Å². The molecule has 16 heteroatoms.